The Balaban J connectivity index is 2.12. The third-order valence-electron chi connectivity index (χ3n) is 4.64. The maximum atomic E-state index is 12.4. The van der Waals surface area contributed by atoms with Gasteiger partial charge >= 0.3 is 0 Å². The fraction of sp³-hybridized carbons (Fsp3) is 0.318. The minimum absolute atomic E-state index is 0.0795. The van der Waals surface area contributed by atoms with Crippen LogP contribution in [0.2, 0.25) is 0 Å². The van der Waals surface area contributed by atoms with Gasteiger partial charge in [0.15, 0.2) is 0 Å². The molecule has 7 nitrogen and oxygen atoms in total. The number of nitrogens with one attached hydrogen (secondary N) is 2. The number of nitrogens with zero attached hydrogens (tertiary/aromatic N) is 3. The lowest BCUT2D eigenvalue weighted by molar-refractivity contribution is -0.117. The predicted molar refractivity (Wildman–Crippen MR) is 114 cm³/mol. The Kier molecular flexibility index (Phi) is 7.21. The largest absolute Gasteiger partial charge is 0.378 e. The van der Waals surface area contributed by atoms with Crippen LogP contribution < -0.4 is 15.8 Å². The molecule has 29 heavy (non-hydrogen) atoms. The van der Waals surface area contributed by atoms with E-state index in [1.165, 1.54) is 0 Å². The van der Waals surface area contributed by atoms with Crippen molar-refractivity contribution in [3.8, 4) is 6.07 Å². The van der Waals surface area contributed by atoms with Crippen LogP contribution in [-0.2, 0) is 11.3 Å². The van der Waals surface area contributed by atoms with Crippen LogP contribution in [-0.4, -0.2) is 30.5 Å². The Morgan fingerprint density at radius 3 is 2.55 bits per heavy atom. The third kappa shape index (κ3) is 5.26. The van der Waals surface area contributed by atoms with E-state index in [0.29, 0.717) is 5.56 Å². The van der Waals surface area contributed by atoms with Crippen LogP contribution in [0, 0.1) is 25.2 Å². The van der Waals surface area contributed by atoms with Gasteiger partial charge < -0.3 is 9.47 Å². The Labute approximate surface area is 171 Å². The van der Waals surface area contributed by atoms with Crippen LogP contribution in [0.25, 0.3) is 6.08 Å². The molecule has 0 fully saturated rings. The number of amides is 2. The summed E-state index contributed by atoms with van der Waals surface area (Å²) < 4.78 is 2.15. The molecule has 0 saturated heterocycles. The first-order valence-electron chi connectivity index (χ1n) is 9.45. The zero-order chi connectivity index (χ0) is 21.6. The van der Waals surface area contributed by atoms with Crippen molar-refractivity contribution < 1.29 is 9.59 Å². The van der Waals surface area contributed by atoms with Crippen LogP contribution in [0.5, 0.6) is 0 Å². The standard InChI is InChI=1S/C22H27N5O2/c1-6-10-27-15(2)11-18(16(27)3)12-19(14-23)22(29)25-24-21(28)17-8-7-9-20(13-17)26(4)5/h7-9,11-13H,6,10H2,1-5H3,(H,24,28)(H,25,29)/b19-12+. The normalized spacial score (nSPS) is 11.0. The van der Waals surface area contributed by atoms with Crippen LogP contribution in [0.1, 0.15) is 40.7 Å². The van der Waals surface area contributed by atoms with Crippen LogP contribution in [0.3, 0.4) is 0 Å². The van der Waals surface area contributed by atoms with E-state index in [9.17, 15) is 14.9 Å². The molecular weight excluding hydrogens is 366 g/mol. The molecule has 0 spiro atoms. The highest BCUT2D eigenvalue weighted by atomic mass is 16.2. The maximum absolute atomic E-state index is 12.4. The molecule has 1 heterocycles. The number of aromatic nitrogens is 1. The van der Waals surface area contributed by atoms with Crippen molar-refractivity contribution in [3.05, 3.63) is 58.4 Å². The summed E-state index contributed by atoms with van der Waals surface area (Å²) in [7, 11) is 3.75. The number of rotatable bonds is 6. The highest BCUT2D eigenvalue weighted by Crippen LogP contribution is 2.19. The number of benzene rings is 1. The predicted octanol–water partition coefficient (Wildman–Crippen LogP) is 2.95. The van der Waals surface area contributed by atoms with Gasteiger partial charge in [-0.3, -0.25) is 20.4 Å². The highest BCUT2D eigenvalue weighted by Gasteiger charge is 2.14. The minimum atomic E-state index is -0.662. The smallest absolute Gasteiger partial charge is 0.280 e. The van der Waals surface area contributed by atoms with Gasteiger partial charge in [0, 0.05) is 43.3 Å². The number of hydrogen-bond donors (Lipinski definition) is 2. The molecule has 2 aromatic rings. The van der Waals surface area contributed by atoms with E-state index >= 15 is 0 Å². The second-order valence-corrected chi connectivity index (χ2v) is 7.00. The quantitative estimate of drug-likeness (QED) is 0.449. The molecule has 2 amide bonds. The van der Waals surface area contributed by atoms with Gasteiger partial charge in [-0.15, -0.1) is 0 Å². The van der Waals surface area contributed by atoms with E-state index in [1.54, 1.807) is 24.3 Å². The zero-order valence-electron chi connectivity index (χ0n) is 17.5. The lowest BCUT2D eigenvalue weighted by Crippen LogP contribution is -2.42. The third-order valence-corrected chi connectivity index (χ3v) is 4.64. The monoisotopic (exact) mass is 393 g/mol. The van der Waals surface area contributed by atoms with Crippen LogP contribution >= 0.6 is 0 Å². The number of carbonyl (C=O) groups excluding carboxylic acids is 2. The molecule has 152 valence electrons. The Morgan fingerprint density at radius 1 is 1.21 bits per heavy atom. The molecule has 1 aromatic heterocycles. The number of nitriles is 1. The summed E-state index contributed by atoms with van der Waals surface area (Å²) in [5.41, 5.74) is 8.75. The fourth-order valence-electron chi connectivity index (χ4n) is 3.02. The number of hydrogen-bond acceptors (Lipinski definition) is 4. The van der Waals surface area contributed by atoms with E-state index in [2.05, 4.69) is 22.3 Å². The summed E-state index contributed by atoms with van der Waals surface area (Å²) in [6.07, 6.45) is 2.54. The van der Waals surface area contributed by atoms with Gasteiger partial charge in [-0.05, 0) is 56.2 Å². The van der Waals surface area contributed by atoms with Gasteiger partial charge in [-0.25, -0.2) is 0 Å². The molecular formula is C22H27N5O2. The molecule has 2 N–H and O–H groups in total. The van der Waals surface area contributed by atoms with E-state index in [1.807, 2.05) is 51.0 Å². The van der Waals surface area contributed by atoms with E-state index in [4.69, 9.17) is 0 Å². The van der Waals surface area contributed by atoms with E-state index < -0.39 is 11.8 Å². The zero-order valence-corrected chi connectivity index (χ0v) is 17.5. The first-order valence-corrected chi connectivity index (χ1v) is 9.45. The van der Waals surface area contributed by atoms with E-state index in [0.717, 1.165) is 35.6 Å². The van der Waals surface area contributed by atoms with Gasteiger partial charge in [0.05, 0.1) is 0 Å². The summed E-state index contributed by atoms with van der Waals surface area (Å²) in [5, 5.41) is 9.40. The molecule has 0 radical (unpaired) electrons. The summed E-state index contributed by atoms with van der Waals surface area (Å²) in [4.78, 5) is 26.6. The minimum Gasteiger partial charge on any atom is -0.378 e. The molecule has 1 aromatic carbocycles. The van der Waals surface area contributed by atoms with Crippen molar-refractivity contribution in [3.63, 3.8) is 0 Å². The van der Waals surface area contributed by atoms with Crippen LogP contribution in [0.4, 0.5) is 5.69 Å². The summed E-state index contributed by atoms with van der Waals surface area (Å²) in [6.45, 7) is 6.93. The Bertz CT molecular complexity index is 980. The van der Waals surface area contributed by atoms with Gasteiger partial charge in [0.25, 0.3) is 11.8 Å². The molecule has 0 unspecified atom stereocenters. The topological polar surface area (TPSA) is 90.2 Å². The number of carbonyl (C=O) groups is 2. The Hall–Kier alpha value is -3.53. The second kappa shape index (κ2) is 9.60. The maximum Gasteiger partial charge on any atom is 0.280 e. The summed E-state index contributed by atoms with van der Waals surface area (Å²) >= 11 is 0. The number of anilines is 1. The van der Waals surface area contributed by atoms with Gasteiger partial charge in [0.2, 0.25) is 0 Å². The molecule has 2 rings (SSSR count). The first-order chi connectivity index (χ1) is 13.8. The van der Waals surface area contributed by atoms with Crippen LogP contribution in [0.15, 0.2) is 35.9 Å². The van der Waals surface area contributed by atoms with Crippen molar-refractivity contribution in [2.75, 3.05) is 19.0 Å². The summed E-state index contributed by atoms with van der Waals surface area (Å²) in [5.74, 6) is -1.12. The molecule has 0 aliphatic heterocycles. The molecule has 0 aliphatic rings. The molecule has 0 bridgehead atoms. The highest BCUT2D eigenvalue weighted by molar-refractivity contribution is 6.04. The number of aryl methyl sites for hydroxylation is 1. The van der Waals surface area contributed by atoms with Crippen molar-refractivity contribution in [1.82, 2.24) is 15.4 Å². The Morgan fingerprint density at radius 2 is 1.93 bits per heavy atom. The molecule has 0 atom stereocenters. The lowest BCUT2D eigenvalue weighted by Gasteiger charge is -2.13. The average Bonchev–Trinajstić information content (AvgIpc) is 2.97. The average molecular weight is 393 g/mol. The van der Waals surface area contributed by atoms with Gasteiger partial charge in [-0.1, -0.05) is 13.0 Å². The van der Waals surface area contributed by atoms with Crippen molar-refractivity contribution in [1.29, 1.82) is 5.26 Å². The number of hydrazine groups is 1. The molecule has 0 aliphatic carbocycles. The van der Waals surface area contributed by atoms with Gasteiger partial charge in [0.1, 0.15) is 11.6 Å². The lowest BCUT2D eigenvalue weighted by atomic mass is 10.1. The molecule has 7 heteroatoms. The van der Waals surface area contributed by atoms with Crippen molar-refractivity contribution >= 4 is 23.6 Å². The SMILES string of the molecule is CCCn1c(C)cc(/C=C(\C#N)C(=O)NNC(=O)c2cccc(N(C)C)c2)c1C. The second-order valence-electron chi connectivity index (χ2n) is 7.00. The summed E-state index contributed by atoms with van der Waals surface area (Å²) in [6, 6.07) is 10.9. The van der Waals surface area contributed by atoms with E-state index in [-0.39, 0.29) is 5.57 Å². The van der Waals surface area contributed by atoms with Crippen molar-refractivity contribution in [2.45, 2.75) is 33.7 Å². The fourth-order valence-corrected chi connectivity index (χ4v) is 3.02. The van der Waals surface area contributed by atoms with Crippen molar-refractivity contribution in [2.24, 2.45) is 0 Å². The van der Waals surface area contributed by atoms with Gasteiger partial charge in [-0.2, -0.15) is 5.26 Å². The first kappa shape index (κ1) is 21.8. The molecule has 0 saturated carbocycles.